The van der Waals surface area contributed by atoms with Gasteiger partial charge in [-0.1, -0.05) is 13.8 Å². The molecule has 1 aliphatic heterocycles. The van der Waals surface area contributed by atoms with E-state index in [0.717, 1.165) is 19.4 Å². The van der Waals surface area contributed by atoms with Crippen molar-refractivity contribution < 1.29 is 5.11 Å². The minimum atomic E-state index is 0.298. The first kappa shape index (κ1) is 16.9. The van der Waals surface area contributed by atoms with Gasteiger partial charge in [0.1, 0.15) is 0 Å². The quantitative estimate of drug-likeness (QED) is 0.746. The summed E-state index contributed by atoms with van der Waals surface area (Å²) in [7, 11) is 0. The van der Waals surface area contributed by atoms with Gasteiger partial charge in [-0.3, -0.25) is 0 Å². The van der Waals surface area contributed by atoms with Gasteiger partial charge < -0.3 is 15.3 Å². The fourth-order valence-electron chi connectivity index (χ4n) is 2.91. The molecule has 3 heteroatoms. The van der Waals surface area contributed by atoms with Gasteiger partial charge in [0.05, 0.1) is 0 Å². The second kappa shape index (κ2) is 8.23. The summed E-state index contributed by atoms with van der Waals surface area (Å²) in [4.78, 5) is 2.60. The van der Waals surface area contributed by atoms with E-state index < -0.39 is 0 Å². The summed E-state index contributed by atoms with van der Waals surface area (Å²) in [5.74, 6) is 0. The molecule has 1 rings (SSSR count). The van der Waals surface area contributed by atoms with Crippen LogP contribution >= 0.6 is 0 Å². The summed E-state index contributed by atoms with van der Waals surface area (Å²) < 4.78 is 0. The Morgan fingerprint density at radius 1 is 1.26 bits per heavy atom. The van der Waals surface area contributed by atoms with Crippen LogP contribution in [0.2, 0.25) is 0 Å². The van der Waals surface area contributed by atoms with Gasteiger partial charge in [0.15, 0.2) is 0 Å². The predicted octanol–water partition coefficient (Wildman–Crippen LogP) is 2.64. The molecular formula is C16H34N2O. The summed E-state index contributed by atoms with van der Waals surface area (Å²) in [5.41, 5.74) is 0.298. The number of hydrogen-bond acceptors (Lipinski definition) is 3. The molecule has 0 amide bonds. The van der Waals surface area contributed by atoms with Crippen LogP contribution in [-0.2, 0) is 0 Å². The van der Waals surface area contributed by atoms with Gasteiger partial charge in [-0.05, 0) is 64.5 Å². The van der Waals surface area contributed by atoms with Gasteiger partial charge in [-0.2, -0.15) is 0 Å². The van der Waals surface area contributed by atoms with E-state index in [4.69, 9.17) is 5.11 Å². The third-order valence-electron chi connectivity index (χ3n) is 4.37. The van der Waals surface area contributed by atoms with Crippen LogP contribution in [0.15, 0.2) is 0 Å². The zero-order chi connectivity index (χ0) is 14.3. The first-order valence-electron chi connectivity index (χ1n) is 8.03. The number of rotatable bonds is 7. The molecule has 1 heterocycles. The molecule has 3 nitrogen and oxygen atoms in total. The molecule has 1 fully saturated rings. The topological polar surface area (TPSA) is 35.5 Å². The highest BCUT2D eigenvalue weighted by atomic mass is 16.2. The maximum absolute atomic E-state index is 8.94. The average Bonchev–Trinajstić information content (AvgIpc) is 2.59. The number of nitrogens with zero attached hydrogens (tertiary/aromatic N) is 1. The van der Waals surface area contributed by atoms with Gasteiger partial charge in [-0.25, -0.2) is 0 Å². The monoisotopic (exact) mass is 270 g/mol. The van der Waals surface area contributed by atoms with E-state index in [1.165, 1.54) is 32.4 Å². The highest BCUT2D eigenvalue weighted by Gasteiger charge is 2.22. The van der Waals surface area contributed by atoms with Crippen LogP contribution in [0.4, 0.5) is 0 Å². The fraction of sp³-hybridized carbons (Fsp3) is 1.00. The normalized spacial score (nSPS) is 22.7. The molecule has 0 saturated carbocycles. The molecule has 0 aromatic rings. The Hall–Kier alpha value is -0.120. The molecule has 1 unspecified atom stereocenters. The van der Waals surface area contributed by atoms with E-state index in [9.17, 15) is 0 Å². The highest BCUT2D eigenvalue weighted by Crippen LogP contribution is 2.22. The van der Waals surface area contributed by atoms with Crippen molar-refractivity contribution >= 4 is 0 Å². The van der Waals surface area contributed by atoms with E-state index in [2.05, 4.69) is 37.9 Å². The summed E-state index contributed by atoms with van der Waals surface area (Å²) >= 11 is 0. The lowest BCUT2D eigenvalue weighted by Crippen LogP contribution is -2.38. The Balaban J connectivity index is 2.29. The van der Waals surface area contributed by atoms with E-state index in [1.54, 1.807) is 0 Å². The molecule has 19 heavy (non-hydrogen) atoms. The molecule has 0 aromatic heterocycles. The van der Waals surface area contributed by atoms with Crippen molar-refractivity contribution in [2.24, 2.45) is 5.41 Å². The van der Waals surface area contributed by atoms with E-state index >= 15 is 0 Å². The smallest absolute Gasteiger partial charge is 0.0431 e. The van der Waals surface area contributed by atoms with Crippen LogP contribution in [0.25, 0.3) is 0 Å². The molecule has 1 atom stereocenters. The van der Waals surface area contributed by atoms with Gasteiger partial charge in [-0.15, -0.1) is 0 Å². The predicted molar refractivity (Wildman–Crippen MR) is 82.5 cm³/mol. The molecule has 114 valence electrons. The fourth-order valence-corrected chi connectivity index (χ4v) is 2.91. The number of nitrogens with one attached hydrogen (secondary N) is 1. The first-order valence-corrected chi connectivity index (χ1v) is 8.03. The largest absolute Gasteiger partial charge is 0.396 e. The molecule has 0 spiro atoms. The Labute approximate surface area is 119 Å². The molecule has 0 bridgehead atoms. The molecule has 1 saturated heterocycles. The van der Waals surface area contributed by atoms with Crippen LogP contribution in [-0.4, -0.2) is 48.3 Å². The van der Waals surface area contributed by atoms with E-state index in [0.29, 0.717) is 24.1 Å². The van der Waals surface area contributed by atoms with Gasteiger partial charge in [0, 0.05) is 25.2 Å². The lowest BCUT2D eigenvalue weighted by atomic mass is 9.87. The van der Waals surface area contributed by atoms with Crippen molar-refractivity contribution in [2.75, 3.05) is 26.2 Å². The van der Waals surface area contributed by atoms with Crippen LogP contribution in [0.5, 0.6) is 0 Å². The number of aliphatic hydroxyl groups is 1. The average molecular weight is 270 g/mol. The van der Waals surface area contributed by atoms with Crippen molar-refractivity contribution in [3.05, 3.63) is 0 Å². The Morgan fingerprint density at radius 3 is 2.63 bits per heavy atom. The Bertz CT molecular complexity index is 241. The summed E-state index contributed by atoms with van der Waals surface area (Å²) in [5, 5.41) is 12.7. The molecule has 0 radical (unpaired) electrons. The Kier molecular flexibility index (Phi) is 7.33. The number of hydrogen-bond donors (Lipinski definition) is 2. The standard InChI is InChI=1S/C16H34N2O/c1-14(2)18-10-5-7-15(8-11-18)17-13-16(3,4)9-6-12-19/h14-15,17,19H,5-13H2,1-4H3. The summed E-state index contributed by atoms with van der Waals surface area (Å²) in [6, 6.07) is 1.36. The third-order valence-corrected chi connectivity index (χ3v) is 4.37. The summed E-state index contributed by atoms with van der Waals surface area (Å²) in [6.07, 6.45) is 5.91. The summed E-state index contributed by atoms with van der Waals surface area (Å²) in [6.45, 7) is 13.1. The molecule has 1 aliphatic rings. The van der Waals surface area contributed by atoms with Gasteiger partial charge in [0.25, 0.3) is 0 Å². The van der Waals surface area contributed by atoms with Gasteiger partial charge >= 0.3 is 0 Å². The number of likely N-dealkylation sites (tertiary alicyclic amines) is 1. The lowest BCUT2D eigenvalue weighted by molar-refractivity contribution is 0.221. The molecule has 0 aromatic carbocycles. The van der Waals surface area contributed by atoms with E-state index in [1.807, 2.05) is 0 Å². The van der Waals surface area contributed by atoms with Crippen molar-refractivity contribution in [1.82, 2.24) is 10.2 Å². The maximum Gasteiger partial charge on any atom is 0.0431 e. The van der Waals surface area contributed by atoms with Gasteiger partial charge in [0.2, 0.25) is 0 Å². The van der Waals surface area contributed by atoms with Crippen LogP contribution in [0.1, 0.15) is 59.8 Å². The minimum absolute atomic E-state index is 0.298. The van der Waals surface area contributed by atoms with Crippen molar-refractivity contribution in [3.63, 3.8) is 0 Å². The van der Waals surface area contributed by atoms with Crippen LogP contribution in [0, 0.1) is 5.41 Å². The van der Waals surface area contributed by atoms with Crippen LogP contribution in [0.3, 0.4) is 0 Å². The van der Waals surface area contributed by atoms with Crippen LogP contribution < -0.4 is 5.32 Å². The minimum Gasteiger partial charge on any atom is -0.396 e. The van der Waals surface area contributed by atoms with Crippen molar-refractivity contribution in [1.29, 1.82) is 0 Å². The molecule has 2 N–H and O–H groups in total. The van der Waals surface area contributed by atoms with Crippen molar-refractivity contribution in [2.45, 2.75) is 71.9 Å². The molecular weight excluding hydrogens is 236 g/mol. The van der Waals surface area contributed by atoms with Crippen molar-refractivity contribution in [3.8, 4) is 0 Å². The SMILES string of the molecule is CC(C)N1CCCC(NCC(C)(C)CCCO)CC1. The molecule has 0 aliphatic carbocycles. The third kappa shape index (κ3) is 6.73. The maximum atomic E-state index is 8.94. The second-order valence-corrected chi connectivity index (χ2v) is 7.13. The second-order valence-electron chi connectivity index (χ2n) is 7.13. The number of aliphatic hydroxyl groups excluding tert-OH is 1. The zero-order valence-electron chi connectivity index (χ0n) is 13.4. The highest BCUT2D eigenvalue weighted by molar-refractivity contribution is 4.79. The lowest BCUT2D eigenvalue weighted by Gasteiger charge is -2.28. The first-order chi connectivity index (χ1) is 8.94. The van der Waals surface area contributed by atoms with E-state index in [-0.39, 0.29) is 0 Å². The Morgan fingerprint density at radius 2 is 2.00 bits per heavy atom. The zero-order valence-corrected chi connectivity index (χ0v) is 13.4.